The summed E-state index contributed by atoms with van der Waals surface area (Å²) in [7, 11) is 0. The van der Waals surface area contributed by atoms with Crippen LogP contribution in [-0.2, 0) is 11.3 Å². The van der Waals surface area contributed by atoms with Crippen molar-refractivity contribution in [1.82, 2.24) is 14.8 Å². The van der Waals surface area contributed by atoms with Crippen LogP contribution in [0.15, 0.2) is 84.0 Å². The zero-order chi connectivity index (χ0) is 21.6. The Hall–Kier alpha value is -3.09. The number of nitrogens with zero attached hydrogens (tertiary/aromatic N) is 3. The molecule has 0 fully saturated rings. The lowest BCUT2D eigenvalue weighted by molar-refractivity contribution is -0.113. The van der Waals surface area contributed by atoms with E-state index in [1.165, 1.54) is 11.8 Å². The minimum Gasteiger partial charge on any atom is -0.325 e. The summed E-state index contributed by atoms with van der Waals surface area (Å²) < 4.78 is 2.03. The Morgan fingerprint density at radius 2 is 1.68 bits per heavy atom. The summed E-state index contributed by atoms with van der Waals surface area (Å²) in [6.07, 6.45) is 0. The Bertz CT molecular complexity index is 1160. The summed E-state index contributed by atoms with van der Waals surface area (Å²) in [6, 6.07) is 25.4. The Morgan fingerprint density at radius 3 is 2.39 bits per heavy atom. The maximum absolute atomic E-state index is 12.5. The molecule has 0 unspecified atom stereocenters. The fourth-order valence-corrected chi connectivity index (χ4v) is 3.94. The summed E-state index contributed by atoms with van der Waals surface area (Å²) >= 11 is 7.41. The van der Waals surface area contributed by atoms with E-state index in [9.17, 15) is 4.79 Å². The van der Waals surface area contributed by atoms with Crippen LogP contribution in [-0.4, -0.2) is 26.4 Å². The molecule has 1 heterocycles. The van der Waals surface area contributed by atoms with Crippen LogP contribution in [0.1, 0.15) is 11.1 Å². The monoisotopic (exact) mass is 448 g/mol. The molecule has 0 atom stereocenters. The van der Waals surface area contributed by atoms with Gasteiger partial charge < -0.3 is 5.32 Å². The molecule has 31 heavy (non-hydrogen) atoms. The maximum atomic E-state index is 12.5. The van der Waals surface area contributed by atoms with Gasteiger partial charge in [-0.1, -0.05) is 71.4 Å². The number of aryl methyl sites for hydroxylation is 1. The Labute approximate surface area is 190 Å². The minimum atomic E-state index is -0.0869. The summed E-state index contributed by atoms with van der Waals surface area (Å²) in [5.74, 6) is 0.889. The average Bonchev–Trinajstić information content (AvgIpc) is 3.17. The van der Waals surface area contributed by atoms with Crippen LogP contribution in [0.3, 0.4) is 0 Å². The minimum absolute atomic E-state index is 0.0869. The van der Waals surface area contributed by atoms with Gasteiger partial charge in [0, 0.05) is 16.3 Å². The molecular formula is C24H21ClN4OS. The van der Waals surface area contributed by atoms with Gasteiger partial charge in [0.05, 0.1) is 12.3 Å². The lowest BCUT2D eigenvalue weighted by Crippen LogP contribution is -2.14. The Kier molecular flexibility index (Phi) is 6.70. The first-order valence-corrected chi connectivity index (χ1v) is 11.2. The predicted molar refractivity (Wildman–Crippen MR) is 127 cm³/mol. The quantitative estimate of drug-likeness (QED) is 0.369. The molecule has 0 aliphatic carbocycles. The molecule has 0 bridgehead atoms. The van der Waals surface area contributed by atoms with Crippen molar-refractivity contribution < 1.29 is 4.79 Å². The number of carbonyl (C=O) groups is 1. The molecular weight excluding hydrogens is 428 g/mol. The molecule has 0 aliphatic heterocycles. The summed E-state index contributed by atoms with van der Waals surface area (Å²) in [5, 5.41) is 13.0. The molecule has 4 rings (SSSR count). The van der Waals surface area contributed by atoms with Crippen LogP contribution in [0.5, 0.6) is 0 Å². The second-order valence-electron chi connectivity index (χ2n) is 7.09. The molecule has 3 aromatic carbocycles. The van der Waals surface area contributed by atoms with E-state index in [4.69, 9.17) is 11.6 Å². The normalized spacial score (nSPS) is 10.8. The molecule has 1 amide bonds. The van der Waals surface area contributed by atoms with Crippen molar-refractivity contribution in [2.24, 2.45) is 0 Å². The van der Waals surface area contributed by atoms with Gasteiger partial charge in [0.1, 0.15) is 0 Å². The topological polar surface area (TPSA) is 59.8 Å². The van der Waals surface area contributed by atoms with Gasteiger partial charge in [-0.05, 0) is 48.9 Å². The number of hydrogen-bond donors (Lipinski definition) is 1. The van der Waals surface area contributed by atoms with Crippen LogP contribution in [0.2, 0.25) is 5.02 Å². The zero-order valence-electron chi connectivity index (χ0n) is 17.0. The highest BCUT2D eigenvalue weighted by Gasteiger charge is 2.16. The molecule has 0 spiro atoms. The number of nitrogens with one attached hydrogen (secondary N) is 1. The van der Waals surface area contributed by atoms with E-state index in [1.807, 2.05) is 78.2 Å². The average molecular weight is 449 g/mol. The fourth-order valence-electron chi connectivity index (χ4n) is 3.08. The number of aromatic nitrogens is 3. The maximum Gasteiger partial charge on any atom is 0.234 e. The number of anilines is 1. The molecule has 5 nitrogen and oxygen atoms in total. The van der Waals surface area contributed by atoms with Crippen molar-refractivity contribution in [2.45, 2.75) is 18.6 Å². The number of carbonyl (C=O) groups excluding carboxylic acids is 1. The first-order valence-electron chi connectivity index (χ1n) is 9.81. The highest BCUT2D eigenvalue weighted by Crippen LogP contribution is 2.26. The van der Waals surface area contributed by atoms with Gasteiger partial charge >= 0.3 is 0 Å². The lowest BCUT2D eigenvalue weighted by Gasteiger charge is -2.11. The molecule has 1 N–H and O–H groups in total. The molecule has 0 aliphatic rings. The van der Waals surface area contributed by atoms with Gasteiger partial charge in [-0.15, -0.1) is 10.2 Å². The van der Waals surface area contributed by atoms with E-state index in [-0.39, 0.29) is 11.7 Å². The number of halogens is 1. The zero-order valence-corrected chi connectivity index (χ0v) is 18.5. The Morgan fingerprint density at radius 1 is 0.968 bits per heavy atom. The number of hydrogen-bond acceptors (Lipinski definition) is 4. The van der Waals surface area contributed by atoms with E-state index in [0.29, 0.717) is 16.7 Å². The van der Waals surface area contributed by atoms with Gasteiger partial charge in [-0.25, -0.2) is 0 Å². The van der Waals surface area contributed by atoms with Crippen molar-refractivity contribution in [1.29, 1.82) is 0 Å². The third-order valence-corrected chi connectivity index (χ3v) is 5.89. The molecule has 7 heteroatoms. The second-order valence-corrected chi connectivity index (χ2v) is 8.47. The van der Waals surface area contributed by atoms with Crippen LogP contribution in [0.25, 0.3) is 11.4 Å². The van der Waals surface area contributed by atoms with Gasteiger partial charge in [-0.2, -0.15) is 0 Å². The van der Waals surface area contributed by atoms with Gasteiger partial charge in [0.25, 0.3) is 0 Å². The van der Waals surface area contributed by atoms with Gasteiger partial charge in [-0.3, -0.25) is 9.36 Å². The smallest absolute Gasteiger partial charge is 0.234 e. The highest BCUT2D eigenvalue weighted by atomic mass is 35.5. The number of amides is 1. The fraction of sp³-hybridized carbons (Fsp3) is 0.125. The standard InChI is InChI=1S/C24H21ClN4OS/c1-17-7-13-21(14-8-17)26-22(30)16-31-24-28-27-23(19-9-11-20(25)12-10-19)29(24)15-18-5-3-2-4-6-18/h2-14H,15-16H2,1H3,(H,26,30). The third-order valence-electron chi connectivity index (χ3n) is 4.67. The predicted octanol–water partition coefficient (Wildman–Crippen LogP) is 5.69. The molecule has 0 saturated carbocycles. The number of benzene rings is 3. The van der Waals surface area contributed by atoms with Crippen molar-refractivity contribution >= 4 is 35.0 Å². The van der Waals surface area contributed by atoms with Crippen LogP contribution >= 0.6 is 23.4 Å². The van der Waals surface area contributed by atoms with E-state index in [1.54, 1.807) is 0 Å². The van der Waals surface area contributed by atoms with Crippen LogP contribution in [0.4, 0.5) is 5.69 Å². The van der Waals surface area contributed by atoms with E-state index < -0.39 is 0 Å². The van der Waals surface area contributed by atoms with Crippen molar-refractivity contribution in [2.75, 3.05) is 11.1 Å². The summed E-state index contributed by atoms with van der Waals surface area (Å²) in [5.41, 5.74) is 3.98. The highest BCUT2D eigenvalue weighted by molar-refractivity contribution is 7.99. The third kappa shape index (κ3) is 5.54. The number of rotatable bonds is 7. The summed E-state index contributed by atoms with van der Waals surface area (Å²) in [4.78, 5) is 12.5. The molecule has 156 valence electrons. The lowest BCUT2D eigenvalue weighted by atomic mass is 10.2. The van der Waals surface area contributed by atoms with Crippen LogP contribution in [0, 0.1) is 6.92 Å². The number of thioether (sulfide) groups is 1. The van der Waals surface area contributed by atoms with Gasteiger partial charge in [0.15, 0.2) is 11.0 Å². The first-order chi connectivity index (χ1) is 15.1. The Balaban J connectivity index is 1.54. The van der Waals surface area contributed by atoms with Crippen molar-refractivity contribution in [3.63, 3.8) is 0 Å². The van der Waals surface area contributed by atoms with Crippen molar-refractivity contribution in [3.8, 4) is 11.4 Å². The van der Waals surface area contributed by atoms with Crippen molar-refractivity contribution in [3.05, 3.63) is 95.0 Å². The second kappa shape index (κ2) is 9.81. The molecule has 0 radical (unpaired) electrons. The molecule has 4 aromatic rings. The first kappa shape index (κ1) is 21.2. The van der Waals surface area contributed by atoms with E-state index in [0.717, 1.165) is 28.2 Å². The van der Waals surface area contributed by atoms with E-state index >= 15 is 0 Å². The van der Waals surface area contributed by atoms with Gasteiger partial charge in [0.2, 0.25) is 5.91 Å². The van der Waals surface area contributed by atoms with Crippen LogP contribution < -0.4 is 5.32 Å². The largest absolute Gasteiger partial charge is 0.325 e. The summed E-state index contributed by atoms with van der Waals surface area (Å²) in [6.45, 7) is 2.62. The van der Waals surface area contributed by atoms with E-state index in [2.05, 4.69) is 27.6 Å². The molecule has 0 saturated heterocycles. The SMILES string of the molecule is Cc1ccc(NC(=O)CSc2nnc(-c3ccc(Cl)cc3)n2Cc2ccccc2)cc1. The molecule has 1 aromatic heterocycles.